The van der Waals surface area contributed by atoms with Crippen molar-refractivity contribution in [3.63, 3.8) is 0 Å². The lowest BCUT2D eigenvalue weighted by molar-refractivity contribution is -0.137. The molecule has 0 saturated carbocycles. The Morgan fingerprint density at radius 3 is 2.29 bits per heavy atom. The van der Waals surface area contributed by atoms with Crippen LogP contribution in [0.1, 0.15) is 31.8 Å². The maximum Gasteiger partial charge on any atom is 0.417 e. The van der Waals surface area contributed by atoms with Gasteiger partial charge in [0.25, 0.3) is 0 Å². The molecular weight excluding hydrogens is 288 g/mol. The number of carbonyl (C=O) groups is 2. The Hall–Kier alpha value is -2.50. The Morgan fingerprint density at radius 1 is 1.00 bits per heavy atom. The van der Waals surface area contributed by atoms with Gasteiger partial charge in [-0.2, -0.15) is 13.2 Å². The first-order valence-corrected chi connectivity index (χ1v) is 5.80. The lowest BCUT2D eigenvalue weighted by Gasteiger charge is -2.12. The normalized spacial score (nSPS) is 11.2. The van der Waals surface area contributed by atoms with Crippen molar-refractivity contribution in [3.05, 3.63) is 70.5 Å². The Labute approximate surface area is 117 Å². The molecule has 0 atom stereocenters. The second-order valence-electron chi connectivity index (χ2n) is 4.22. The summed E-state index contributed by atoms with van der Waals surface area (Å²) in [4.78, 5) is 23.1. The van der Waals surface area contributed by atoms with Gasteiger partial charge in [-0.25, -0.2) is 4.39 Å². The maximum atomic E-state index is 13.2. The van der Waals surface area contributed by atoms with Crippen LogP contribution < -0.4 is 0 Å². The standard InChI is InChI=1S/C15H8F4O2/c16-10-6-5-9(8-20)12(7-10)14(21)11-3-1-2-4-13(11)15(17,18)19/h1-8H. The van der Waals surface area contributed by atoms with Gasteiger partial charge in [0.1, 0.15) is 5.82 Å². The zero-order valence-corrected chi connectivity index (χ0v) is 10.4. The second-order valence-corrected chi connectivity index (χ2v) is 4.22. The molecule has 21 heavy (non-hydrogen) atoms. The third-order valence-electron chi connectivity index (χ3n) is 2.86. The molecule has 2 rings (SSSR count). The van der Waals surface area contributed by atoms with Gasteiger partial charge >= 0.3 is 6.18 Å². The molecule has 0 saturated heterocycles. The van der Waals surface area contributed by atoms with Crippen LogP contribution in [0, 0.1) is 5.82 Å². The van der Waals surface area contributed by atoms with Crippen LogP contribution in [0.25, 0.3) is 0 Å². The molecule has 0 aliphatic rings. The van der Waals surface area contributed by atoms with E-state index < -0.39 is 34.5 Å². The number of ketones is 1. The van der Waals surface area contributed by atoms with Gasteiger partial charge in [-0.05, 0) is 24.3 Å². The number of benzene rings is 2. The SMILES string of the molecule is O=Cc1ccc(F)cc1C(=O)c1ccccc1C(F)(F)F. The second kappa shape index (κ2) is 5.47. The number of aldehydes is 1. The van der Waals surface area contributed by atoms with Crippen LogP contribution in [-0.4, -0.2) is 12.1 Å². The predicted octanol–water partition coefficient (Wildman–Crippen LogP) is 3.89. The third-order valence-corrected chi connectivity index (χ3v) is 2.86. The molecule has 0 amide bonds. The van der Waals surface area contributed by atoms with E-state index in [1.165, 1.54) is 6.07 Å². The van der Waals surface area contributed by atoms with Crippen molar-refractivity contribution < 1.29 is 27.2 Å². The first kappa shape index (κ1) is 14.9. The summed E-state index contributed by atoms with van der Waals surface area (Å²) in [6, 6.07) is 6.91. The van der Waals surface area contributed by atoms with Crippen LogP contribution in [0.5, 0.6) is 0 Å². The molecule has 0 aliphatic heterocycles. The van der Waals surface area contributed by atoms with Gasteiger partial charge in [0.05, 0.1) is 5.56 Å². The van der Waals surface area contributed by atoms with Crippen molar-refractivity contribution in [2.45, 2.75) is 6.18 Å². The van der Waals surface area contributed by atoms with E-state index in [2.05, 4.69) is 0 Å². The molecule has 0 N–H and O–H groups in total. The number of hydrogen-bond donors (Lipinski definition) is 0. The Kier molecular flexibility index (Phi) is 3.88. The fourth-order valence-electron chi connectivity index (χ4n) is 1.90. The van der Waals surface area contributed by atoms with Crippen molar-refractivity contribution in [3.8, 4) is 0 Å². The molecule has 0 aliphatic carbocycles. The highest BCUT2D eigenvalue weighted by molar-refractivity contribution is 6.13. The lowest BCUT2D eigenvalue weighted by Crippen LogP contribution is -2.15. The highest BCUT2D eigenvalue weighted by atomic mass is 19.4. The summed E-state index contributed by atoms with van der Waals surface area (Å²) in [6.07, 6.45) is -4.43. The summed E-state index contributed by atoms with van der Waals surface area (Å²) in [6.45, 7) is 0. The number of hydrogen-bond acceptors (Lipinski definition) is 2. The van der Waals surface area contributed by atoms with Crippen molar-refractivity contribution in [1.82, 2.24) is 0 Å². The van der Waals surface area contributed by atoms with Crippen LogP contribution in [0.15, 0.2) is 42.5 Å². The Balaban J connectivity index is 2.61. The zero-order valence-electron chi connectivity index (χ0n) is 10.4. The largest absolute Gasteiger partial charge is 0.417 e. The van der Waals surface area contributed by atoms with Gasteiger partial charge in [0.15, 0.2) is 12.1 Å². The molecule has 6 heteroatoms. The minimum Gasteiger partial charge on any atom is -0.298 e. The van der Waals surface area contributed by atoms with Gasteiger partial charge in [-0.1, -0.05) is 18.2 Å². The third kappa shape index (κ3) is 2.99. The van der Waals surface area contributed by atoms with Crippen molar-refractivity contribution in [2.75, 3.05) is 0 Å². The maximum absolute atomic E-state index is 13.2. The number of carbonyl (C=O) groups excluding carboxylic acids is 2. The number of rotatable bonds is 3. The molecule has 0 radical (unpaired) electrons. The van der Waals surface area contributed by atoms with E-state index in [0.29, 0.717) is 6.29 Å². The van der Waals surface area contributed by atoms with E-state index in [4.69, 9.17) is 0 Å². The molecule has 2 aromatic rings. The van der Waals surface area contributed by atoms with Gasteiger partial charge in [0, 0.05) is 16.7 Å². The predicted molar refractivity (Wildman–Crippen MR) is 66.7 cm³/mol. The zero-order chi connectivity index (χ0) is 15.6. The monoisotopic (exact) mass is 296 g/mol. The topological polar surface area (TPSA) is 34.1 Å². The van der Waals surface area contributed by atoms with Gasteiger partial charge in [-0.15, -0.1) is 0 Å². The summed E-state index contributed by atoms with van der Waals surface area (Å²) in [5.74, 6) is -1.86. The Morgan fingerprint density at radius 2 is 1.67 bits per heavy atom. The minimum absolute atomic E-state index is 0.168. The minimum atomic E-state index is -4.72. The van der Waals surface area contributed by atoms with Crippen LogP contribution >= 0.6 is 0 Å². The van der Waals surface area contributed by atoms with E-state index in [9.17, 15) is 27.2 Å². The molecule has 2 nitrogen and oxygen atoms in total. The fourth-order valence-corrected chi connectivity index (χ4v) is 1.90. The van der Waals surface area contributed by atoms with Crippen molar-refractivity contribution in [2.24, 2.45) is 0 Å². The average molecular weight is 296 g/mol. The lowest BCUT2D eigenvalue weighted by atomic mass is 9.95. The summed E-state index contributed by atoms with van der Waals surface area (Å²) >= 11 is 0. The van der Waals surface area contributed by atoms with E-state index in [-0.39, 0.29) is 5.56 Å². The van der Waals surface area contributed by atoms with E-state index in [0.717, 1.165) is 36.4 Å². The highest BCUT2D eigenvalue weighted by Gasteiger charge is 2.35. The molecule has 0 unspecified atom stereocenters. The summed E-state index contributed by atoms with van der Waals surface area (Å²) < 4.78 is 51.9. The molecule has 2 aromatic carbocycles. The summed E-state index contributed by atoms with van der Waals surface area (Å²) in [5.41, 5.74) is -2.32. The van der Waals surface area contributed by atoms with Crippen LogP contribution in [0.3, 0.4) is 0 Å². The first-order chi connectivity index (χ1) is 9.84. The molecule has 0 heterocycles. The van der Waals surface area contributed by atoms with Crippen LogP contribution in [0.2, 0.25) is 0 Å². The van der Waals surface area contributed by atoms with Gasteiger partial charge in [-0.3, -0.25) is 9.59 Å². The Bertz CT molecular complexity index is 705. The molecular formula is C15H8F4O2. The molecule has 0 spiro atoms. The molecule has 0 aromatic heterocycles. The smallest absolute Gasteiger partial charge is 0.298 e. The number of halogens is 4. The molecule has 0 bridgehead atoms. The highest BCUT2D eigenvalue weighted by Crippen LogP contribution is 2.33. The summed E-state index contributed by atoms with van der Waals surface area (Å²) in [5, 5.41) is 0. The molecule has 0 fully saturated rings. The van der Waals surface area contributed by atoms with E-state index in [1.54, 1.807) is 0 Å². The van der Waals surface area contributed by atoms with Crippen molar-refractivity contribution in [1.29, 1.82) is 0 Å². The number of alkyl halides is 3. The molecule has 108 valence electrons. The summed E-state index contributed by atoms with van der Waals surface area (Å²) in [7, 11) is 0. The fraction of sp³-hybridized carbons (Fsp3) is 0.0667. The van der Waals surface area contributed by atoms with Crippen LogP contribution in [-0.2, 0) is 6.18 Å². The van der Waals surface area contributed by atoms with Crippen molar-refractivity contribution >= 4 is 12.1 Å². The average Bonchev–Trinajstić information content (AvgIpc) is 2.45. The van der Waals surface area contributed by atoms with Gasteiger partial charge in [0.2, 0.25) is 0 Å². The van der Waals surface area contributed by atoms with Crippen LogP contribution in [0.4, 0.5) is 17.6 Å². The van der Waals surface area contributed by atoms with E-state index in [1.807, 2.05) is 0 Å². The first-order valence-electron chi connectivity index (χ1n) is 5.80. The van der Waals surface area contributed by atoms with Gasteiger partial charge < -0.3 is 0 Å². The quantitative estimate of drug-likeness (QED) is 0.489. The van der Waals surface area contributed by atoms with E-state index >= 15 is 0 Å².